The lowest BCUT2D eigenvalue weighted by Crippen LogP contribution is -2.75. The van der Waals surface area contributed by atoms with Gasteiger partial charge >= 0.3 is 0 Å². The van der Waals surface area contributed by atoms with Crippen molar-refractivity contribution in [1.82, 2.24) is 0 Å². The minimum atomic E-state index is -1.30. The van der Waals surface area contributed by atoms with Crippen molar-refractivity contribution < 1.29 is 0 Å². The monoisotopic (exact) mass is 613 g/mol. The summed E-state index contributed by atoms with van der Waals surface area (Å²) in [6, 6.07) is 5.16. The van der Waals surface area contributed by atoms with Crippen LogP contribution in [0.3, 0.4) is 0 Å². The third-order valence-corrected chi connectivity index (χ3v) is 75.6. The van der Waals surface area contributed by atoms with E-state index in [-0.39, 0.29) is 7.35 Å². The van der Waals surface area contributed by atoms with Gasteiger partial charge in [0.15, 0.2) is 0 Å². The molecule has 1 radical (unpaired) electrons. The fraction of sp³-hybridized carbons (Fsp3) is 1.00. The van der Waals surface area contributed by atoms with Gasteiger partial charge in [0.1, 0.15) is 0 Å². The van der Waals surface area contributed by atoms with Crippen LogP contribution in [0.5, 0.6) is 0 Å². The maximum Gasteiger partial charge on any atom is 0.0340 e. The Kier molecular flexibility index (Phi) is 7.47. The van der Waals surface area contributed by atoms with E-state index < -0.39 is 22.8 Å². The van der Waals surface area contributed by atoms with Gasteiger partial charge in [0.25, 0.3) is 0 Å². The zero-order valence-corrected chi connectivity index (χ0v) is 33.2. The van der Waals surface area contributed by atoms with Crippen molar-refractivity contribution in [3.8, 4) is 0 Å². The highest BCUT2D eigenvalue weighted by Gasteiger charge is 2.62. The van der Waals surface area contributed by atoms with E-state index in [1.165, 1.54) is 0 Å². The quantitative estimate of drug-likeness (QED) is 0.227. The second-order valence-electron chi connectivity index (χ2n) is 20.7. The summed E-state index contributed by atoms with van der Waals surface area (Å²) in [6.45, 7) is 34.0. The molecule has 0 aromatic carbocycles. The standard InChI is InChI=1S/C36H69Si4/c1-34(2)28-16-13-25(31(34)19-28)22-38(7,8)37(39(9,10)23-26-14-17-29-20-32(26)35(29,3)4)40(11,12)24-27-15-18-30-21-33(27)36(30,5)6/h25-33H,13-24H2,1-12H3/t25-,26-,27-,28-,29-,30-,31-,32-,33-/m0/s1. The molecule has 0 saturated heterocycles. The molecule has 9 rings (SSSR count). The summed E-state index contributed by atoms with van der Waals surface area (Å²) in [5, 5.41) is 0. The Labute approximate surface area is 255 Å². The van der Waals surface area contributed by atoms with Crippen LogP contribution in [0.2, 0.25) is 57.4 Å². The Morgan fingerprint density at radius 3 is 0.900 bits per heavy atom. The van der Waals surface area contributed by atoms with Gasteiger partial charge in [-0.15, -0.1) is 0 Å². The number of hydrogen-bond donors (Lipinski definition) is 0. The van der Waals surface area contributed by atoms with Gasteiger partial charge in [0.2, 0.25) is 0 Å². The zero-order chi connectivity index (χ0) is 29.3. The van der Waals surface area contributed by atoms with E-state index in [2.05, 4.69) is 80.8 Å². The van der Waals surface area contributed by atoms with Gasteiger partial charge in [0.05, 0.1) is 0 Å². The van der Waals surface area contributed by atoms with Crippen molar-refractivity contribution in [2.75, 3.05) is 0 Å². The smallest absolute Gasteiger partial charge is 0.0340 e. The first-order valence-electron chi connectivity index (χ1n) is 18.2. The van der Waals surface area contributed by atoms with E-state index in [0.717, 1.165) is 53.3 Å². The van der Waals surface area contributed by atoms with E-state index >= 15 is 0 Å². The lowest BCUT2D eigenvalue weighted by molar-refractivity contribution is -0.0991. The first kappa shape index (κ1) is 30.9. The molecule has 0 N–H and O–H groups in total. The molecule has 0 aromatic heterocycles. The average Bonchev–Trinajstić information content (AvgIpc) is 2.82. The van der Waals surface area contributed by atoms with Gasteiger partial charge in [-0.1, -0.05) is 118 Å². The molecule has 4 heteroatoms. The predicted octanol–water partition coefficient (Wildman–Crippen LogP) is 11.1. The zero-order valence-electron chi connectivity index (χ0n) is 29.2. The summed E-state index contributed by atoms with van der Waals surface area (Å²) in [5.74, 6) is 9.61. The van der Waals surface area contributed by atoms with E-state index in [1.807, 2.05) is 0 Å². The molecular weight excluding hydrogens is 545 g/mol. The van der Waals surface area contributed by atoms with Gasteiger partial charge in [-0.05, 0) is 108 Å². The average molecular weight is 614 g/mol. The normalized spacial score (nSPS) is 43.0. The molecular formula is C36H69Si4. The van der Waals surface area contributed by atoms with Crippen molar-refractivity contribution in [1.29, 1.82) is 0 Å². The predicted molar refractivity (Wildman–Crippen MR) is 187 cm³/mol. The molecule has 9 aliphatic rings. The van der Waals surface area contributed by atoms with Crippen LogP contribution >= 0.6 is 0 Å². The highest BCUT2D eigenvalue weighted by molar-refractivity contribution is 7.81. The van der Waals surface area contributed by atoms with Gasteiger partial charge < -0.3 is 0 Å². The summed E-state index contributed by atoms with van der Waals surface area (Å²) in [5.41, 5.74) is 1.97. The molecule has 9 atom stereocenters. The number of hydrogen-bond acceptors (Lipinski definition) is 0. The molecule has 40 heavy (non-hydrogen) atoms. The summed E-state index contributed by atoms with van der Waals surface area (Å²) in [6.07, 6.45) is 14.2. The minimum absolute atomic E-state index is 0.281. The molecule has 0 spiro atoms. The van der Waals surface area contributed by atoms with Crippen LogP contribution < -0.4 is 0 Å². The molecule has 9 saturated carbocycles. The maximum atomic E-state index is 3.01. The molecule has 9 aliphatic carbocycles. The van der Waals surface area contributed by atoms with Crippen molar-refractivity contribution in [2.45, 2.75) is 157 Å². The summed E-state index contributed by atoms with van der Waals surface area (Å²) in [7, 11) is -4.19. The number of rotatable bonds is 9. The second-order valence-corrected chi connectivity index (χ2v) is 55.2. The second kappa shape index (κ2) is 9.68. The van der Waals surface area contributed by atoms with Gasteiger partial charge in [-0.2, -0.15) is 0 Å². The van der Waals surface area contributed by atoms with Crippen LogP contribution in [0.25, 0.3) is 0 Å². The van der Waals surface area contributed by atoms with Gasteiger partial charge in [-0.25, -0.2) is 0 Å². The van der Waals surface area contributed by atoms with Crippen LogP contribution in [0.1, 0.15) is 99.3 Å². The van der Waals surface area contributed by atoms with Crippen molar-refractivity contribution in [2.24, 2.45) is 69.5 Å². The molecule has 0 heterocycles. The Bertz CT molecular complexity index is 846. The molecule has 0 unspecified atom stereocenters. The summed E-state index contributed by atoms with van der Waals surface area (Å²) >= 11 is 0. The minimum Gasteiger partial charge on any atom is -0.0719 e. The number of fused-ring (bicyclic) bond motifs is 6. The molecule has 0 aromatic rings. The molecule has 0 amide bonds. The highest BCUT2D eigenvalue weighted by atomic mass is 29.9. The van der Waals surface area contributed by atoms with Crippen molar-refractivity contribution in [3.05, 3.63) is 0 Å². The Balaban J connectivity index is 1.27. The van der Waals surface area contributed by atoms with Crippen LogP contribution in [-0.4, -0.2) is 30.1 Å². The van der Waals surface area contributed by atoms with Crippen LogP contribution in [-0.2, 0) is 0 Å². The van der Waals surface area contributed by atoms with Crippen molar-refractivity contribution in [3.63, 3.8) is 0 Å². The van der Waals surface area contributed by atoms with Crippen LogP contribution in [0.4, 0.5) is 0 Å². The van der Waals surface area contributed by atoms with E-state index in [1.54, 1.807) is 75.9 Å². The van der Waals surface area contributed by atoms with E-state index in [0.29, 0.717) is 16.2 Å². The first-order valence-corrected chi connectivity index (χ1v) is 32.3. The lowest BCUT2D eigenvalue weighted by atomic mass is 9.46. The molecule has 0 aliphatic heterocycles. The Morgan fingerprint density at radius 1 is 0.450 bits per heavy atom. The van der Waals surface area contributed by atoms with Gasteiger partial charge in [0, 0.05) is 30.1 Å². The Morgan fingerprint density at radius 2 is 0.700 bits per heavy atom. The van der Waals surface area contributed by atoms with Crippen LogP contribution in [0.15, 0.2) is 0 Å². The highest BCUT2D eigenvalue weighted by Crippen LogP contribution is 2.65. The van der Waals surface area contributed by atoms with E-state index in [9.17, 15) is 0 Å². The van der Waals surface area contributed by atoms with E-state index in [4.69, 9.17) is 0 Å². The SMILES string of the molecule is CC1(C)[C@H]2CC[C@@H](C[Si](C)(C)[Si]([Si](C)(C)C[C@@H]3CC[C@H]4C[C@@H]3C4(C)C)[Si](C)(C)C[C@@H]3CC[C@H]4C[C@@H]3C4(C)C)[C@@H]1C2. The molecule has 229 valence electrons. The third kappa shape index (κ3) is 4.70. The molecule has 9 fully saturated rings. The Hall–Kier alpha value is 0.868. The van der Waals surface area contributed by atoms with Crippen LogP contribution in [0, 0.1) is 69.5 Å². The largest absolute Gasteiger partial charge is 0.0719 e. The topological polar surface area (TPSA) is 0 Å². The lowest BCUT2D eigenvalue weighted by Gasteiger charge is -2.64. The fourth-order valence-electron chi connectivity index (χ4n) is 14.6. The molecule has 6 bridgehead atoms. The summed E-state index contributed by atoms with van der Waals surface area (Å²) in [4.78, 5) is 0. The van der Waals surface area contributed by atoms with Crippen molar-refractivity contribution >= 4 is 30.1 Å². The third-order valence-electron chi connectivity index (χ3n) is 16.4. The first-order chi connectivity index (χ1) is 18.3. The van der Waals surface area contributed by atoms with Gasteiger partial charge in [-0.3, -0.25) is 0 Å². The maximum absolute atomic E-state index is 3.01. The summed E-state index contributed by atoms with van der Waals surface area (Å²) < 4.78 is 0. The fourth-order valence-corrected chi connectivity index (χ4v) is 102. The molecule has 0 nitrogen and oxygen atoms in total.